The van der Waals surface area contributed by atoms with Crippen LogP contribution in [0.3, 0.4) is 0 Å². The van der Waals surface area contributed by atoms with E-state index in [0.29, 0.717) is 42.9 Å². The molecule has 2 aliphatic heterocycles. The monoisotopic (exact) mass is 505 g/mol. The second kappa shape index (κ2) is 9.75. The number of benzene rings is 2. The van der Waals surface area contributed by atoms with Gasteiger partial charge in [-0.3, -0.25) is 14.3 Å². The average Bonchev–Trinajstić information content (AvgIpc) is 3.34. The Kier molecular flexibility index (Phi) is 6.48. The number of carbonyl (C=O) groups excluding carboxylic acids is 2. The zero-order valence-electron chi connectivity index (χ0n) is 20.2. The van der Waals surface area contributed by atoms with Crippen LogP contribution in [0.2, 0.25) is 0 Å². The number of halogens is 2. The van der Waals surface area contributed by atoms with Crippen LogP contribution in [0.5, 0.6) is 0 Å². The summed E-state index contributed by atoms with van der Waals surface area (Å²) in [4.78, 5) is 28.1. The fourth-order valence-electron chi connectivity index (χ4n) is 4.90. The van der Waals surface area contributed by atoms with Crippen molar-refractivity contribution in [3.05, 3.63) is 77.1 Å². The Morgan fingerprint density at radius 1 is 1.24 bits per heavy atom. The summed E-state index contributed by atoms with van der Waals surface area (Å²) in [6, 6.07) is 13.9. The normalized spacial score (nSPS) is 19.7. The molecule has 1 saturated heterocycles. The van der Waals surface area contributed by atoms with Gasteiger partial charge in [-0.25, -0.2) is 8.78 Å². The molecule has 190 valence electrons. The zero-order valence-corrected chi connectivity index (χ0v) is 20.2. The molecule has 5 rings (SSSR count). The minimum absolute atomic E-state index is 0.0199. The first-order chi connectivity index (χ1) is 17.8. The average molecular weight is 506 g/mol. The number of aromatic nitrogens is 2. The molecule has 2 amide bonds. The third kappa shape index (κ3) is 4.58. The molecule has 2 aliphatic rings. The summed E-state index contributed by atoms with van der Waals surface area (Å²) in [5.74, 6) is -4.91. The van der Waals surface area contributed by atoms with Crippen LogP contribution in [0.4, 0.5) is 20.2 Å². The van der Waals surface area contributed by atoms with Gasteiger partial charge in [-0.15, -0.1) is 0 Å². The number of nitrogens with zero attached hydrogens (tertiary/aromatic N) is 4. The molecular weight excluding hydrogens is 480 g/mol. The van der Waals surface area contributed by atoms with E-state index in [2.05, 4.69) is 10.4 Å². The summed E-state index contributed by atoms with van der Waals surface area (Å²) in [6.45, 7) is 2.68. The molecule has 1 N–H and O–H groups in total. The highest BCUT2D eigenvalue weighted by molar-refractivity contribution is 6.15. The number of hydrogen-bond donors (Lipinski definition) is 1. The third-order valence-electron chi connectivity index (χ3n) is 6.84. The van der Waals surface area contributed by atoms with Gasteiger partial charge in [0.05, 0.1) is 48.5 Å². The van der Waals surface area contributed by atoms with Gasteiger partial charge < -0.3 is 15.0 Å². The Balaban J connectivity index is 1.39. The molecule has 0 aliphatic carbocycles. The maximum Gasteiger partial charge on any atom is 0.278 e. The maximum absolute atomic E-state index is 15.1. The number of hydrogen-bond acceptors (Lipinski definition) is 5. The second-order valence-corrected chi connectivity index (χ2v) is 9.34. The van der Waals surface area contributed by atoms with Crippen molar-refractivity contribution in [1.82, 2.24) is 9.78 Å². The van der Waals surface area contributed by atoms with Crippen LogP contribution >= 0.6 is 0 Å². The first-order valence-corrected chi connectivity index (χ1v) is 12.1. The minimum atomic E-state index is -3.04. The van der Waals surface area contributed by atoms with Gasteiger partial charge in [0.25, 0.3) is 17.7 Å². The van der Waals surface area contributed by atoms with E-state index in [1.807, 2.05) is 13.0 Å². The largest absolute Gasteiger partial charge is 0.381 e. The number of nitriles is 1. The van der Waals surface area contributed by atoms with Crippen LogP contribution in [-0.2, 0) is 17.2 Å². The molecule has 37 heavy (non-hydrogen) atoms. The van der Waals surface area contributed by atoms with E-state index in [0.717, 1.165) is 0 Å². The lowest BCUT2D eigenvalue weighted by molar-refractivity contribution is -0.114. The number of amides is 2. The Bertz CT molecular complexity index is 1370. The summed E-state index contributed by atoms with van der Waals surface area (Å²) >= 11 is 0. The Morgan fingerprint density at radius 3 is 2.73 bits per heavy atom. The van der Waals surface area contributed by atoms with Crippen molar-refractivity contribution in [2.45, 2.75) is 38.3 Å². The molecule has 0 spiro atoms. The third-order valence-corrected chi connectivity index (χ3v) is 6.84. The lowest BCUT2D eigenvalue weighted by Crippen LogP contribution is -2.47. The van der Waals surface area contributed by atoms with E-state index in [4.69, 9.17) is 10.00 Å². The van der Waals surface area contributed by atoms with E-state index >= 15 is 8.78 Å². The number of carbonyl (C=O) groups is 2. The van der Waals surface area contributed by atoms with E-state index in [9.17, 15) is 9.59 Å². The molecule has 0 saturated carbocycles. The summed E-state index contributed by atoms with van der Waals surface area (Å²) < 4.78 is 36.9. The van der Waals surface area contributed by atoms with Crippen molar-refractivity contribution in [3.8, 4) is 6.07 Å². The van der Waals surface area contributed by atoms with Gasteiger partial charge in [-0.05, 0) is 50.1 Å². The van der Waals surface area contributed by atoms with Crippen molar-refractivity contribution in [2.75, 3.05) is 23.4 Å². The van der Waals surface area contributed by atoms with Crippen molar-refractivity contribution in [2.24, 2.45) is 5.92 Å². The van der Waals surface area contributed by atoms with Gasteiger partial charge in [-0.2, -0.15) is 10.4 Å². The molecule has 0 radical (unpaired) electrons. The summed E-state index contributed by atoms with van der Waals surface area (Å²) in [5, 5.41) is 16.0. The fourth-order valence-corrected chi connectivity index (χ4v) is 4.90. The van der Waals surface area contributed by atoms with Gasteiger partial charge >= 0.3 is 0 Å². The van der Waals surface area contributed by atoms with Gasteiger partial charge in [-0.1, -0.05) is 18.2 Å². The highest BCUT2D eigenvalue weighted by Crippen LogP contribution is 2.41. The van der Waals surface area contributed by atoms with Gasteiger partial charge in [0.15, 0.2) is 0 Å². The predicted octanol–water partition coefficient (Wildman–Crippen LogP) is 4.57. The number of ether oxygens (including phenoxy) is 1. The van der Waals surface area contributed by atoms with E-state index in [1.54, 1.807) is 18.2 Å². The van der Waals surface area contributed by atoms with Crippen LogP contribution in [0.15, 0.2) is 54.7 Å². The first kappa shape index (κ1) is 24.6. The number of nitrogens with one attached hydrogen (secondary N) is 1. The van der Waals surface area contributed by atoms with Gasteiger partial charge in [0.1, 0.15) is 5.69 Å². The molecule has 0 bridgehead atoms. The predicted molar refractivity (Wildman–Crippen MR) is 131 cm³/mol. The lowest BCUT2D eigenvalue weighted by atomic mass is 9.90. The van der Waals surface area contributed by atoms with Crippen LogP contribution in [0, 0.1) is 17.2 Å². The molecule has 10 heteroatoms. The highest BCUT2D eigenvalue weighted by atomic mass is 19.3. The zero-order chi connectivity index (χ0) is 26.2. The number of fused-ring (bicyclic) bond motifs is 1. The van der Waals surface area contributed by atoms with Crippen molar-refractivity contribution in [3.63, 3.8) is 0 Å². The Morgan fingerprint density at radius 2 is 2.03 bits per heavy atom. The fraction of sp³-hybridized carbons (Fsp3) is 0.333. The molecule has 3 heterocycles. The standard InChI is InChI=1S/C27H25F2N5O3/c1-17-15-33-24(23(14-31-33)25(35)32-21-6-2-4-18(12-21)13-30)26(36)34(17)22-9-7-19(8-10-22)27(28,29)20-5-3-11-37-16-20/h2,4,6-10,12,14,17,20H,3,5,11,15-16H2,1H3,(H,32,35)/t17-,20?/m0/s1. The molecule has 2 atom stereocenters. The molecule has 1 unspecified atom stereocenters. The topological polar surface area (TPSA) is 100 Å². The van der Waals surface area contributed by atoms with E-state index in [1.165, 1.54) is 46.1 Å². The first-order valence-electron chi connectivity index (χ1n) is 12.1. The molecule has 3 aromatic rings. The van der Waals surface area contributed by atoms with Gasteiger partial charge in [0, 0.05) is 23.5 Å². The summed E-state index contributed by atoms with van der Waals surface area (Å²) in [6.07, 6.45) is 2.33. The minimum Gasteiger partial charge on any atom is -0.381 e. The lowest BCUT2D eigenvalue weighted by Gasteiger charge is -2.34. The van der Waals surface area contributed by atoms with E-state index in [-0.39, 0.29) is 29.5 Å². The number of rotatable bonds is 5. The highest BCUT2D eigenvalue weighted by Gasteiger charge is 2.42. The van der Waals surface area contributed by atoms with Crippen molar-refractivity contribution >= 4 is 23.2 Å². The Hall–Kier alpha value is -4.10. The molecule has 2 aromatic carbocycles. The Labute approximate surface area is 212 Å². The van der Waals surface area contributed by atoms with Gasteiger partial charge in [0.2, 0.25) is 0 Å². The number of anilines is 2. The quantitative estimate of drug-likeness (QED) is 0.547. The number of alkyl halides is 2. The molecule has 1 fully saturated rings. The maximum atomic E-state index is 15.1. The molecule has 1 aromatic heterocycles. The van der Waals surface area contributed by atoms with E-state index < -0.39 is 23.7 Å². The van der Waals surface area contributed by atoms with Crippen LogP contribution in [0.25, 0.3) is 0 Å². The second-order valence-electron chi connectivity index (χ2n) is 9.34. The van der Waals surface area contributed by atoms with Crippen LogP contribution < -0.4 is 10.2 Å². The molecular formula is C27H25F2N5O3. The van der Waals surface area contributed by atoms with Crippen molar-refractivity contribution < 1.29 is 23.1 Å². The SMILES string of the molecule is C[C@H]1Cn2ncc(C(=O)Nc3cccc(C#N)c3)c2C(=O)N1c1ccc(C(F)(F)C2CCCOC2)cc1. The van der Waals surface area contributed by atoms with Crippen LogP contribution in [0.1, 0.15) is 51.7 Å². The van der Waals surface area contributed by atoms with Crippen molar-refractivity contribution in [1.29, 1.82) is 5.26 Å². The smallest absolute Gasteiger partial charge is 0.278 e. The summed E-state index contributed by atoms with van der Waals surface area (Å²) in [5.41, 5.74) is 1.34. The summed E-state index contributed by atoms with van der Waals surface area (Å²) in [7, 11) is 0. The van der Waals surface area contributed by atoms with Crippen LogP contribution in [-0.4, -0.2) is 40.9 Å². The molecule has 8 nitrogen and oxygen atoms in total.